The van der Waals surface area contributed by atoms with Crippen LogP contribution < -0.4 is 10.6 Å². The predicted molar refractivity (Wildman–Crippen MR) is 107 cm³/mol. The number of nitrogens with one attached hydrogen (secondary N) is 2. The zero-order chi connectivity index (χ0) is 16.7. The number of hydrogen-bond donors (Lipinski definition) is 2. The maximum atomic E-state index is 6.01. The number of halogens is 1. The second kappa shape index (κ2) is 7.42. The number of hydrogen-bond acceptors (Lipinski definition) is 4. The lowest BCUT2D eigenvalue weighted by Gasteiger charge is -2.63. The number of aromatic nitrogens is 1. The molecule has 2 heterocycles. The molecule has 2 saturated carbocycles. The van der Waals surface area contributed by atoms with Gasteiger partial charge in [0.05, 0.1) is 18.3 Å². The van der Waals surface area contributed by atoms with Crippen molar-refractivity contribution in [2.45, 2.75) is 65.1 Å². The van der Waals surface area contributed by atoms with Crippen molar-refractivity contribution in [1.29, 1.82) is 0 Å². The zero-order valence-electron chi connectivity index (χ0n) is 15.3. The summed E-state index contributed by atoms with van der Waals surface area (Å²) in [6.45, 7) is 8.40. The second-order valence-electron chi connectivity index (χ2n) is 7.45. The third-order valence-electron chi connectivity index (χ3n) is 6.25. The van der Waals surface area contributed by atoms with Gasteiger partial charge >= 0.3 is 0 Å². The van der Waals surface area contributed by atoms with Gasteiger partial charge in [0, 0.05) is 36.1 Å². The molecular weight excluding hydrogens is 431 g/mol. The van der Waals surface area contributed by atoms with Gasteiger partial charge in [-0.3, -0.25) is 0 Å². The first kappa shape index (κ1) is 18.9. The number of nitrogens with zero attached hydrogens (tertiary/aromatic N) is 2. The standard InChI is InChI=1S/C18H28N4O2.HI/c1-4-19-17(20-10-14-11(2)22-24-12(14)3)21-15-13-6-9-23-16(13)18(15)7-5-8-18;/h13,15-16H,4-10H2,1-3H3,(H2,19,20,21);1H. The van der Waals surface area contributed by atoms with E-state index in [9.17, 15) is 0 Å². The maximum absolute atomic E-state index is 6.01. The number of ether oxygens (including phenoxy) is 1. The Bertz CT molecular complexity index is 622. The van der Waals surface area contributed by atoms with E-state index in [1.807, 2.05) is 13.8 Å². The molecule has 1 spiro atoms. The molecule has 0 radical (unpaired) electrons. The quantitative estimate of drug-likeness (QED) is 0.411. The van der Waals surface area contributed by atoms with E-state index in [1.165, 1.54) is 25.7 Å². The van der Waals surface area contributed by atoms with Crippen LogP contribution in [0, 0.1) is 25.2 Å². The Morgan fingerprint density at radius 2 is 2.16 bits per heavy atom. The summed E-state index contributed by atoms with van der Waals surface area (Å²) in [5.41, 5.74) is 2.37. The van der Waals surface area contributed by atoms with Crippen molar-refractivity contribution in [2.24, 2.45) is 16.3 Å². The summed E-state index contributed by atoms with van der Waals surface area (Å²) < 4.78 is 11.3. The van der Waals surface area contributed by atoms with Crippen molar-refractivity contribution in [3.63, 3.8) is 0 Å². The molecule has 1 saturated heterocycles. The summed E-state index contributed by atoms with van der Waals surface area (Å²) in [5.74, 6) is 2.41. The van der Waals surface area contributed by atoms with Crippen LogP contribution in [0.25, 0.3) is 0 Å². The molecule has 140 valence electrons. The van der Waals surface area contributed by atoms with Gasteiger partial charge in [0.15, 0.2) is 5.96 Å². The first-order valence-electron chi connectivity index (χ1n) is 9.24. The third kappa shape index (κ3) is 3.07. The second-order valence-corrected chi connectivity index (χ2v) is 7.45. The minimum Gasteiger partial charge on any atom is -0.377 e. The van der Waals surface area contributed by atoms with Crippen molar-refractivity contribution in [2.75, 3.05) is 13.2 Å². The van der Waals surface area contributed by atoms with Crippen molar-refractivity contribution in [3.8, 4) is 0 Å². The topological polar surface area (TPSA) is 71.7 Å². The minimum absolute atomic E-state index is 0. The van der Waals surface area contributed by atoms with Crippen LogP contribution in [-0.2, 0) is 11.3 Å². The largest absolute Gasteiger partial charge is 0.377 e. The van der Waals surface area contributed by atoms with Gasteiger partial charge in [0.1, 0.15) is 5.76 Å². The Morgan fingerprint density at radius 3 is 2.76 bits per heavy atom. The first-order chi connectivity index (χ1) is 11.7. The van der Waals surface area contributed by atoms with Crippen LogP contribution in [0.4, 0.5) is 0 Å². The Morgan fingerprint density at radius 1 is 1.36 bits per heavy atom. The predicted octanol–water partition coefficient (Wildman–Crippen LogP) is 2.92. The average molecular weight is 460 g/mol. The van der Waals surface area contributed by atoms with E-state index in [-0.39, 0.29) is 24.0 Å². The van der Waals surface area contributed by atoms with Gasteiger partial charge in [-0.25, -0.2) is 4.99 Å². The summed E-state index contributed by atoms with van der Waals surface area (Å²) in [4.78, 5) is 4.79. The van der Waals surface area contributed by atoms with Gasteiger partial charge in [-0.1, -0.05) is 11.6 Å². The molecule has 3 unspecified atom stereocenters. The SMILES string of the molecule is CCNC(=NCc1c(C)noc1C)NC1C2CCOC2C12CCC2.I. The highest BCUT2D eigenvalue weighted by Crippen LogP contribution is 2.62. The molecule has 3 fully saturated rings. The minimum atomic E-state index is 0. The van der Waals surface area contributed by atoms with Gasteiger partial charge in [0.25, 0.3) is 0 Å². The van der Waals surface area contributed by atoms with Crippen LogP contribution >= 0.6 is 24.0 Å². The molecule has 2 aliphatic carbocycles. The van der Waals surface area contributed by atoms with Crippen LogP contribution in [0.1, 0.15) is 49.6 Å². The van der Waals surface area contributed by atoms with Gasteiger partial charge in [0.2, 0.25) is 0 Å². The van der Waals surface area contributed by atoms with Crippen molar-refractivity contribution >= 4 is 29.9 Å². The lowest BCUT2D eigenvalue weighted by molar-refractivity contribution is -0.171. The maximum Gasteiger partial charge on any atom is 0.191 e. The molecule has 3 atom stereocenters. The van der Waals surface area contributed by atoms with E-state index < -0.39 is 0 Å². The van der Waals surface area contributed by atoms with E-state index in [2.05, 4.69) is 22.7 Å². The molecule has 0 amide bonds. The van der Waals surface area contributed by atoms with Crippen LogP contribution in [-0.4, -0.2) is 36.4 Å². The molecule has 0 bridgehead atoms. The lowest BCUT2D eigenvalue weighted by Crippen LogP contribution is -2.72. The monoisotopic (exact) mass is 460 g/mol. The van der Waals surface area contributed by atoms with Gasteiger partial charge in [-0.05, 0) is 40.0 Å². The number of fused-ring (bicyclic) bond motifs is 2. The normalized spacial score (nSPS) is 29.4. The van der Waals surface area contributed by atoms with Crippen LogP contribution in [0.2, 0.25) is 0 Å². The third-order valence-corrected chi connectivity index (χ3v) is 6.25. The zero-order valence-corrected chi connectivity index (χ0v) is 17.6. The smallest absolute Gasteiger partial charge is 0.191 e. The van der Waals surface area contributed by atoms with E-state index >= 15 is 0 Å². The number of aliphatic imine (C=N–C) groups is 1. The molecule has 1 aromatic rings. The van der Waals surface area contributed by atoms with E-state index in [0.29, 0.717) is 30.0 Å². The average Bonchev–Trinajstić information content (AvgIpc) is 3.06. The van der Waals surface area contributed by atoms with Gasteiger partial charge < -0.3 is 19.9 Å². The van der Waals surface area contributed by atoms with Crippen LogP contribution in [0.3, 0.4) is 0 Å². The number of guanidine groups is 1. The summed E-state index contributed by atoms with van der Waals surface area (Å²) in [7, 11) is 0. The van der Waals surface area contributed by atoms with E-state index in [4.69, 9.17) is 14.3 Å². The molecule has 7 heteroatoms. The molecule has 1 aromatic heterocycles. The van der Waals surface area contributed by atoms with E-state index in [1.54, 1.807) is 0 Å². The van der Waals surface area contributed by atoms with E-state index in [0.717, 1.165) is 36.1 Å². The molecule has 25 heavy (non-hydrogen) atoms. The van der Waals surface area contributed by atoms with Crippen molar-refractivity contribution in [3.05, 3.63) is 17.0 Å². The molecule has 3 aliphatic rings. The van der Waals surface area contributed by atoms with Crippen LogP contribution in [0.15, 0.2) is 9.52 Å². The molecule has 4 rings (SSSR count). The first-order valence-corrected chi connectivity index (χ1v) is 9.24. The molecule has 1 aliphatic heterocycles. The molecule has 6 nitrogen and oxygen atoms in total. The number of aryl methyl sites for hydroxylation is 2. The van der Waals surface area contributed by atoms with Crippen LogP contribution in [0.5, 0.6) is 0 Å². The summed E-state index contributed by atoms with van der Waals surface area (Å²) in [5, 5.41) is 11.1. The Balaban J connectivity index is 0.00000182. The fraction of sp³-hybridized carbons (Fsp3) is 0.778. The van der Waals surface area contributed by atoms with Gasteiger partial charge in [-0.2, -0.15) is 0 Å². The fourth-order valence-electron chi connectivity index (χ4n) is 4.81. The highest BCUT2D eigenvalue weighted by Gasteiger charge is 2.66. The lowest BCUT2D eigenvalue weighted by atomic mass is 9.46. The van der Waals surface area contributed by atoms with Crippen molar-refractivity contribution in [1.82, 2.24) is 15.8 Å². The Labute approximate surface area is 166 Å². The Kier molecular flexibility index (Phi) is 5.63. The van der Waals surface area contributed by atoms with Gasteiger partial charge in [-0.15, -0.1) is 24.0 Å². The van der Waals surface area contributed by atoms with Crippen molar-refractivity contribution < 1.29 is 9.26 Å². The molecular formula is C18H29IN4O2. The summed E-state index contributed by atoms with van der Waals surface area (Å²) in [6, 6.07) is 0.501. The summed E-state index contributed by atoms with van der Waals surface area (Å²) in [6.07, 6.45) is 5.56. The summed E-state index contributed by atoms with van der Waals surface area (Å²) >= 11 is 0. The fourth-order valence-corrected chi connectivity index (χ4v) is 4.81. The highest BCUT2D eigenvalue weighted by atomic mass is 127. The number of rotatable bonds is 4. The molecule has 0 aromatic carbocycles. The highest BCUT2D eigenvalue weighted by molar-refractivity contribution is 14.0. The molecule has 2 N–H and O–H groups in total. The Hall–Kier alpha value is -0.830.